The first kappa shape index (κ1) is 29.4. The predicted octanol–water partition coefficient (Wildman–Crippen LogP) is 2.89. The van der Waals surface area contributed by atoms with Crippen molar-refractivity contribution in [3.8, 4) is 11.1 Å². The van der Waals surface area contributed by atoms with Crippen molar-refractivity contribution in [2.24, 2.45) is 0 Å². The third kappa shape index (κ3) is 9.98. The summed E-state index contributed by atoms with van der Waals surface area (Å²) < 4.78 is 26.7. The lowest BCUT2D eigenvalue weighted by molar-refractivity contribution is -0.144. The minimum atomic E-state index is -0.240. The third-order valence-electron chi connectivity index (χ3n) is 5.89. The van der Waals surface area contributed by atoms with Gasteiger partial charge in [0.25, 0.3) is 0 Å². The average molecular weight is 528 g/mol. The molecule has 1 aliphatic rings. The molecule has 0 saturated heterocycles. The van der Waals surface area contributed by atoms with Gasteiger partial charge in [-0.05, 0) is 35.6 Å². The van der Waals surface area contributed by atoms with Gasteiger partial charge >= 0.3 is 5.97 Å². The second kappa shape index (κ2) is 16.7. The van der Waals surface area contributed by atoms with Crippen LogP contribution >= 0.6 is 0 Å². The SMILES string of the molecule is CC(=O)COCCOCCNC(=O)COCCOCCCC(=O)OCC1c2ccccc2-c2ccccc21. The number of esters is 1. The second-order valence-electron chi connectivity index (χ2n) is 8.90. The Labute approximate surface area is 223 Å². The molecule has 0 radical (unpaired) electrons. The van der Waals surface area contributed by atoms with Crippen LogP contribution in [0.1, 0.15) is 36.8 Å². The number of amides is 1. The van der Waals surface area contributed by atoms with Gasteiger partial charge in [0.2, 0.25) is 5.91 Å². The van der Waals surface area contributed by atoms with Crippen molar-refractivity contribution in [3.05, 3.63) is 59.7 Å². The van der Waals surface area contributed by atoms with E-state index in [1.165, 1.54) is 29.2 Å². The van der Waals surface area contributed by atoms with Crippen LogP contribution in [0, 0.1) is 0 Å². The first-order chi connectivity index (χ1) is 18.6. The topological polar surface area (TPSA) is 109 Å². The van der Waals surface area contributed by atoms with Crippen molar-refractivity contribution in [3.63, 3.8) is 0 Å². The van der Waals surface area contributed by atoms with Gasteiger partial charge in [-0.2, -0.15) is 0 Å². The summed E-state index contributed by atoms with van der Waals surface area (Å²) in [6, 6.07) is 16.5. The standard InChI is InChI=1S/C29H37NO8/c1-22(31)19-36-17-16-35-14-12-30-28(32)21-37-18-15-34-13-6-11-29(33)38-20-27-25-9-4-2-7-23(25)24-8-3-5-10-26(24)27/h2-5,7-10,27H,6,11-21H2,1H3,(H,30,32). The number of Topliss-reactive ketones (excluding diaryl/α,β-unsaturated/α-hetero) is 1. The molecule has 0 unspecified atom stereocenters. The van der Waals surface area contributed by atoms with Crippen LogP contribution in [-0.4, -0.2) is 83.7 Å². The molecule has 0 atom stereocenters. The fourth-order valence-corrected chi connectivity index (χ4v) is 4.14. The van der Waals surface area contributed by atoms with Gasteiger partial charge in [0.1, 0.15) is 19.8 Å². The van der Waals surface area contributed by atoms with Crippen molar-refractivity contribution in [2.75, 3.05) is 66.0 Å². The Morgan fingerprint density at radius 1 is 0.737 bits per heavy atom. The van der Waals surface area contributed by atoms with Gasteiger partial charge in [-0.1, -0.05) is 48.5 Å². The predicted molar refractivity (Wildman–Crippen MR) is 141 cm³/mol. The first-order valence-corrected chi connectivity index (χ1v) is 13.0. The van der Waals surface area contributed by atoms with E-state index in [1.807, 2.05) is 24.3 Å². The smallest absolute Gasteiger partial charge is 0.305 e. The van der Waals surface area contributed by atoms with Crippen LogP contribution in [0.15, 0.2) is 48.5 Å². The highest BCUT2D eigenvalue weighted by molar-refractivity contribution is 5.79. The molecule has 2 aromatic carbocycles. The van der Waals surface area contributed by atoms with E-state index < -0.39 is 0 Å². The van der Waals surface area contributed by atoms with Crippen LogP contribution in [0.4, 0.5) is 0 Å². The molecule has 9 heteroatoms. The molecule has 0 aliphatic heterocycles. The zero-order valence-electron chi connectivity index (χ0n) is 21.9. The average Bonchev–Trinajstić information content (AvgIpc) is 3.24. The lowest BCUT2D eigenvalue weighted by Gasteiger charge is -2.14. The van der Waals surface area contributed by atoms with Gasteiger partial charge < -0.3 is 29.0 Å². The molecule has 1 amide bonds. The Kier molecular flexibility index (Phi) is 12.9. The number of carbonyl (C=O) groups is 3. The molecular formula is C29H37NO8. The number of fused-ring (bicyclic) bond motifs is 3. The Hall–Kier alpha value is -3.11. The number of hydrogen-bond acceptors (Lipinski definition) is 8. The van der Waals surface area contributed by atoms with Crippen LogP contribution in [-0.2, 0) is 38.1 Å². The monoisotopic (exact) mass is 527 g/mol. The summed E-state index contributed by atoms with van der Waals surface area (Å²) in [5.74, 6) is -0.452. The molecule has 0 bridgehead atoms. The van der Waals surface area contributed by atoms with Gasteiger partial charge in [-0.15, -0.1) is 0 Å². The molecule has 0 heterocycles. The van der Waals surface area contributed by atoms with Crippen LogP contribution < -0.4 is 5.32 Å². The quantitative estimate of drug-likeness (QED) is 0.219. The van der Waals surface area contributed by atoms with Crippen molar-refractivity contribution < 1.29 is 38.1 Å². The van der Waals surface area contributed by atoms with Gasteiger partial charge in [-0.3, -0.25) is 14.4 Å². The van der Waals surface area contributed by atoms with Gasteiger partial charge in [0, 0.05) is 25.5 Å². The second-order valence-corrected chi connectivity index (χ2v) is 8.90. The Morgan fingerprint density at radius 2 is 1.32 bits per heavy atom. The van der Waals surface area contributed by atoms with E-state index in [-0.39, 0.29) is 49.8 Å². The Balaban J connectivity index is 1.15. The summed E-state index contributed by atoms with van der Waals surface area (Å²) in [5.41, 5.74) is 4.80. The lowest BCUT2D eigenvalue weighted by atomic mass is 9.98. The molecule has 0 spiro atoms. The van der Waals surface area contributed by atoms with E-state index in [4.69, 9.17) is 23.7 Å². The third-order valence-corrected chi connectivity index (χ3v) is 5.89. The molecule has 3 rings (SSSR count). The largest absolute Gasteiger partial charge is 0.465 e. The maximum atomic E-state index is 12.3. The number of ketones is 1. The number of hydrogen-bond donors (Lipinski definition) is 1. The molecule has 1 aliphatic carbocycles. The molecule has 0 aromatic heterocycles. The van der Waals surface area contributed by atoms with Crippen molar-refractivity contribution in [1.82, 2.24) is 5.32 Å². The number of carbonyl (C=O) groups excluding carboxylic acids is 3. The van der Waals surface area contributed by atoms with Crippen molar-refractivity contribution in [2.45, 2.75) is 25.7 Å². The van der Waals surface area contributed by atoms with Crippen LogP contribution in [0.3, 0.4) is 0 Å². The molecule has 1 N–H and O–H groups in total. The van der Waals surface area contributed by atoms with E-state index in [0.29, 0.717) is 52.6 Å². The highest BCUT2D eigenvalue weighted by atomic mass is 16.5. The van der Waals surface area contributed by atoms with E-state index in [2.05, 4.69) is 29.6 Å². The van der Waals surface area contributed by atoms with Crippen LogP contribution in [0.5, 0.6) is 0 Å². The van der Waals surface area contributed by atoms with Crippen molar-refractivity contribution >= 4 is 17.7 Å². The maximum absolute atomic E-state index is 12.3. The fraction of sp³-hybridized carbons (Fsp3) is 0.483. The summed E-state index contributed by atoms with van der Waals surface area (Å²) in [4.78, 5) is 34.7. The molecule has 9 nitrogen and oxygen atoms in total. The molecule has 0 saturated carbocycles. The van der Waals surface area contributed by atoms with E-state index in [9.17, 15) is 14.4 Å². The number of rotatable bonds is 19. The van der Waals surface area contributed by atoms with E-state index >= 15 is 0 Å². The number of ether oxygens (including phenoxy) is 5. The Morgan fingerprint density at radius 3 is 1.97 bits per heavy atom. The lowest BCUT2D eigenvalue weighted by Crippen LogP contribution is -2.31. The summed E-state index contributed by atoms with van der Waals surface area (Å²) in [5, 5.41) is 2.68. The molecule has 206 valence electrons. The highest BCUT2D eigenvalue weighted by Gasteiger charge is 2.28. The van der Waals surface area contributed by atoms with E-state index in [0.717, 1.165) is 0 Å². The van der Waals surface area contributed by atoms with E-state index in [1.54, 1.807) is 0 Å². The molecule has 0 fully saturated rings. The molecule has 2 aromatic rings. The minimum Gasteiger partial charge on any atom is -0.465 e. The zero-order valence-corrected chi connectivity index (χ0v) is 21.9. The summed E-state index contributed by atoms with van der Waals surface area (Å²) >= 11 is 0. The van der Waals surface area contributed by atoms with Gasteiger partial charge in [0.15, 0.2) is 5.78 Å². The van der Waals surface area contributed by atoms with Gasteiger partial charge in [-0.25, -0.2) is 0 Å². The zero-order chi connectivity index (χ0) is 27.0. The summed E-state index contributed by atoms with van der Waals surface area (Å²) in [6.45, 7) is 4.23. The fourth-order valence-electron chi connectivity index (χ4n) is 4.14. The van der Waals surface area contributed by atoms with Gasteiger partial charge in [0.05, 0.1) is 33.0 Å². The Bertz CT molecular complexity index is 995. The minimum absolute atomic E-state index is 0.0313. The molecular weight excluding hydrogens is 490 g/mol. The van der Waals surface area contributed by atoms with Crippen LogP contribution in [0.2, 0.25) is 0 Å². The first-order valence-electron chi connectivity index (χ1n) is 13.0. The molecule has 38 heavy (non-hydrogen) atoms. The van der Waals surface area contributed by atoms with Crippen molar-refractivity contribution in [1.29, 1.82) is 0 Å². The summed E-state index contributed by atoms with van der Waals surface area (Å²) in [7, 11) is 0. The number of nitrogens with one attached hydrogen (secondary N) is 1. The maximum Gasteiger partial charge on any atom is 0.305 e. The highest BCUT2D eigenvalue weighted by Crippen LogP contribution is 2.44. The number of benzene rings is 2. The normalized spacial score (nSPS) is 12.1. The van der Waals surface area contributed by atoms with Crippen LogP contribution in [0.25, 0.3) is 11.1 Å². The summed E-state index contributed by atoms with van der Waals surface area (Å²) in [6.07, 6.45) is 0.834.